The van der Waals surface area contributed by atoms with Crippen LogP contribution in [0.15, 0.2) is 35.7 Å². The Kier molecular flexibility index (Phi) is 1.99. The Morgan fingerprint density at radius 1 is 1.42 bits per heavy atom. The van der Waals surface area contributed by atoms with Crippen LogP contribution in [0.1, 0.15) is 12.0 Å². The molecule has 2 heteroatoms. The predicted molar refractivity (Wildman–Crippen MR) is 48.6 cm³/mol. The van der Waals surface area contributed by atoms with E-state index in [2.05, 4.69) is 16.4 Å². The molecule has 0 saturated carbocycles. The zero-order chi connectivity index (χ0) is 8.23. The van der Waals surface area contributed by atoms with E-state index < -0.39 is 0 Å². The number of hydrogen-bond acceptors (Lipinski definition) is 2. The molecule has 12 heavy (non-hydrogen) atoms. The highest BCUT2D eigenvalue weighted by Crippen LogP contribution is 2.19. The van der Waals surface area contributed by atoms with Gasteiger partial charge in [-0.1, -0.05) is 6.07 Å². The summed E-state index contributed by atoms with van der Waals surface area (Å²) in [6, 6.07) is 3.92. The van der Waals surface area contributed by atoms with Crippen molar-refractivity contribution in [2.45, 2.75) is 6.42 Å². The van der Waals surface area contributed by atoms with Crippen molar-refractivity contribution >= 4 is 11.8 Å². The first-order valence-corrected chi connectivity index (χ1v) is 3.83. The van der Waals surface area contributed by atoms with Gasteiger partial charge in [-0.3, -0.25) is 9.98 Å². The molecule has 2 rings (SSSR count). The van der Waals surface area contributed by atoms with Gasteiger partial charge in [0, 0.05) is 31.2 Å². The lowest BCUT2D eigenvalue weighted by Crippen LogP contribution is -1.91. The molecule has 0 N–H and O–H groups in total. The van der Waals surface area contributed by atoms with Gasteiger partial charge in [0.2, 0.25) is 0 Å². The minimum Gasteiger partial charge on any atom is -0.269 e. The molecule has 1 aliphatic rings. The fourth-order valence-electron chi connectivity index (χ4n) is 1.08. The molecule has 0 amide bonds. The topological polar surface area (TPSA) is 25.2 Å². The second-order valence-corrected chi connectivity index (χ2v) is 2.50. The lowest BCUT2D eigenvalue weighted by molar-refractivity contribution is 1.27. The van der Waals surface area contributed by atoms with Crippen LogP contribution in [0, 0.1) is 6.42 Å². The largest absolute Gasteiger partial charge is 0.269 e. The number of nitrogens with zero attached hydrogens (tertiary/aromatic N) is 2. The maximum absolute atomic E-state index is 4.06. The van der Waals surface area contributed by atoms with Crippen LogP contribution in [0.2, 0.25) is 0 Å². The Hall–Kier alpha value is -1.44. The van der Waals surface area contributed by atoms with Crippen molar-refractivity contribution in [1.29, 1.82) is 0 Å². The van der Waals surface area contributed by atoms with Crippen molar-refractivity contribution in [3.63, 3.8) is 0 Å². The number of rotatable bonds is 1. The van der Waals surface area contributed by atoms with Crippen LogP contribution < -0.4 is 0 Å². The molecular weight excluding hydrogens is 148 g/mol. The van der Waals surface area contributed by atoms with Crippen LogP contribution in [0.4, 0.5) is 0 Å². The smallest absolute Gasteiger partial charge is 0.0343 e. The van der Waals surface area contributed by atoms with Crippen molar-refractivity contribution in [2.24, 2.45) is 4.99 Å². The summed E-state index contributed by atoms with van der Waals surface area (Å²) in [7, 11) is 0. The SMILES string of the molecule is [C]1CC=NC=C1c1cccnc1. The Bertz CT molecular complexity index is 312. The minimum atomic E-state index is 0.792. The molecule has 1 aromatic heterocycles. The average molecular weight is 156 g/mol. The van der Waals surface area contributed by atoms with E-state index in [9.17, 15) is 0 Å². The zero-order valence-electron chi connectivity index (χ0n) is 6.57. The van der Waals surface area contributed by atoms with E-state index in [1.54, 1.807) is 12.4 Å². The molecule has 0 aromatic carbocycles. The zero-order valence-corrected chi connectivity index (χ0v) is 6.57. The van der Waals surface area contributed by atoms with E-state index in [1.165, 1.54) is 0 Å². The van der Waals surface area contributed by atoms with Gasteiger partial charge in [0.1, 0.15) is 0 Å². The molecule has 0 unspecified atom stereocenters. The minimum absolute atomic E-state index is 0.792. The highest BCUT2D eigenvalue weighted by molar-refractivity contribution is 5.79. The molecule has 0 aliphatic carbocycles. The average Bonchev–Trinajstić information content (AvgIpc) is 2.21. The predicted octanol–water partition coefficient (Wildman–Crippen LogP) is 1.98. The molecule has 0 saturated heterocycles. The van der Waals surface area contributed by atoms with Crippen molar-refractivity contribution < 1.29 is 0 Å². The Balaban J connectivity index is 2.31. The van der Waals surface area contributed by atoms with Gasteiger partial charge in [0.05, 0.1) is 0 Å². The van der Waals surface area contributed by atoms with E-state index in [4.69, 9.17) is 0 Å². The van der Waals surface area contributed by atoms with E-state index in [0.29, 0.717) is 0 Å². The molecule has 58 valence electrons. The first-order chi connectivity index (χ1) is 5.97. The Morgan fingerprint density at radius 2 is 2.42 bits per heavy atom. The summed E-state index contributed by atoms with van der Waals surface area (Å²) in [4.78, 5) is 8.08. The van der Waals surface area contributed by atoms with E-state index in [-0.39, 0.29) is 0 Å². The molecular formula is C10H8N2. The Labute approximate surface area is 71.7 Å². The van der Waals surface area contributed by atoms with Gasteiger partial charge < -0.3 is 0 Å². The van der Waals surface area contributed by atoms with Crippen molar-refractivity contribution in [1.82, 2.24) is 4.98 Å². The molecule has 0 fully saturated rings. The number of aromatic nitrogens is 1. The second kappa shape index (κ2) is 3.30. The van der Waals surface area contributed by atoms with Gasteiger partial charge in [-0.15, -0.1) is 0 Å². The van der Waals surface area contributed by atoms with Gasteiger partial charge in [0.15, 0.2) is 0 Å². The summed E-state index contributed by atoms with van der Waals surface area (Å²) in [6.45, 7) is 0. The monoisotopic (exact) mass is 156 g/mol. The fourth-order valence-corrected chi connectivity index (χ4v) is 1.08. The second-order valence-electron chi connectivity index (χ2n) is 2.50. The van der Waals surface area contributed by atoms with Gasteiger partial charge in [-0.05, 0) is 23.6 Å². The number of pyridine rings is 1. The van der Waals surface area contributed by atoms with Gasteiger partial charge >= 0.3 is 0 Å². The normalized spacial score (nSPS) is 15.8. The van der Waals surface area contributed by atoms with Crippen LogP contribution >= 0.6 is 0 Å². The van der Waals surface area contributed by atoms with Gasteiger partial charge in [-0.25, -0.2) is 0 Å². The van der Waals surface area contributed by atoms with Crippen LogP contribution in [-0.2, 0) is 0 Å². The summed E-state index contributed by atoms with van der Waals surface area (Å²) in [6.07, 6.45) is 11.2. The third-order valence-electron chi connectivity index (χ3n) is 1.67. The summed E-state index contributed by atoms with van der Waals surface area (Å²) >= 11 is 0. The molecule has 2 radical (unpaired) electrons. The van der Waals surface area contributed by atoms with E-state index in [0.717, 1.165) is 17.6 Å². The quantitative estimate of drug-likeness (QED) is 0.610. The molecule has 2 nitrogen and oxygen atoms in total. The van der Waals surface area contributed by atoms with Crippen molar-refractivity contribution in [3.8, 4) is 0 Å². The first-order valence-electron chi connectivity index (χ1n) is 3.83. The lowest BCUT2D eigenvalue weighted by atomic mass is 10.0. The van der Waals surface area contributed by atoms with Crippen LogP contribution in [0.3, 0.4) is 0 Å². The maximum atomic E-state index is 4.06. The van der Waals surface area contributed by atoms with Crippen molar-refractivity contribution in [2.75, 3.05) is 0 Å². The fraction of sp³-hybridized carbons (Fsp3) is 0.100. The summed E-state index contributed by atoms with van der Waals surface area (Å²) < 4.78 is 0. The maximum Gasteiger partial charge on any atom is 0.0343 e. The highest BCUT2D eigenvalue weighted by atomic mass is 14.7. The van der Waals surface area contributed by atoms with Crippen molar-refractivity contribution in [3.05, 3.63) is 42.7 Å². The summed E-state index contributed by atoms with van der Waals surface area (Å²) in [5, 5.41) is 0. The molecule has 1 aliphatic heterocycles. The van der Waals surface area contributed by atoms with E-state index in [1.807, 2.05) is 24.5 Å². The molecule has 0 spiro atoms. The van der Waals surface area contributed by atoms with Crippen LogP contribution in [0.25, 0.3) is 5.57 Å². The third-order valence-corrected chi connectivity index (χ3v) is 1.67. The van der Waals surface area contributed by atoms with Crippen LogP contribution in [-0.4, -0.2) is 11.2 Å². The van der Waals surface area contributed by atoms with Gasteiger partial charge in [-0.2, -0.15) is 0 Å². The number of aliphatic imine (C=N–C) groups is 1. The lowest BCUT2D eigenvalue weighted by Gasteiger charge is -2.05. The third kappa shape index (κ3) is 1.42. The van der Waals surface area contributed by atoms with Crippen LogP contribution in [0.5, 0.6) is 0 Å². The summed E-state index contributed by atoms with van der Waals surface area (Å²) in [5.41, 5.74) is 2.11. The van der Waals surface area contributed by atoms with Gasteiger partial charge in [0.25, 0.3) is 0 Å². The number of hydrogen-bond donors (Lipinski definition) is 0. The highest BCUT2D eigenvalue weighted by Gasteiger charge is 2.03. The molecule has 2 heterocycles. The number of allylic oxidation sites excluding steroid dienone is 1. The first kappa shape index (κ1) is 7.22. The van der Waals surface area contributed by atoms with E-state index >= 15 is 0 Å². The summed E-state index contributed by atoms with van der Waals surface area (Å²) in [5.74, 6) is 0. The molecule has 0 atom stereocenters. The standard InChI is InChI=1S/C10H8N2/c1-3-9(7-11-5-1)10-4-2-6-12-8-10/h1,3,5-8H,2H2. The Morgan fingerprint density at radius 3 is 3.08 bits per heavy atom. The molecule has 1 aromatic rings. The molecule has 0 bridgehead atoms.